The average Bonchev–Trinajstić information content (AvgIpc) is 2.71. The molecule has 5 nitrogen and oxygen atoms in total. The number of carbonyl (C=O) groups excluding carboxylic acids is 1. The average molecular weight is 325 g/mol. The molecular weight excluding hydrogens is 290 g/mol. The molecule has 1 amide bonds. The van der Waals surface area contributed by atoms with Gasteiger partial charge in [0.05, 0.1) is 0 Å². The van der Waals surface area contributed by atoms with Crippen LogP contribution in [0.25, 0.3) is 0 Å². The van der Waals surface area contributed by atoms with Crippen LogP contribution < -0.4 is 5.32 Å². The standard InChI is InChI=1S/C18H35N3O2/c1-5-20-11-6-8-15(10-13-20)19-16-9-7-12-21(14-16)17(22)23-18(2,3)4/h15-16,19H,5-14H2,1-4H3. The van der Waals surface area contributed by atoms with Crippen molar-refractivity contribution in [2.75, 3.05) is 32.7 Å². The van der Waals surface area contributed by atoms with E-state index in [4.69, 9.17) is 4.74 Å². The van der Waals surface area contributed by atoms with E-state index in [1.165, 1.54) is 32.4 Å². The Morgan fingerprint density at radius 2 is 1.78 bits per heavy atom. The maximum atomic E-state index is 12.3. The number of piperidine rings is 1. The van der Waals surface area contributed by atoms with Gasteiger partial charge in [-0.1, -0.05) is 6.92 Å². The van der Waals surface area contributed by atoms with Gasteiger partial charge in [0.15, 0.2) is 0 Å². The number of likely N-dealkylation sites (tertiary alicyclic amines) is 2. The molecule has 1 N–H and O–H groups in total. The van der Waals surface area contributed by atoms with Gasteiger partial charge in [0, 0.05) is 25.2 Å². The smallest absolute Gasteiger partial charge is 0.410 e. The van der Waals surface area contributed by atoms with Gasteiger partial charge in [0.25, 0.3) is 0 Å². The summed E-state index contributed by atoms with van der Waals surface area (Å²) < 4.78 is 5.52. The summed E-state index contributed by atoms with van der Waals surface area (Å²) in [7, 11) is 0. The van der Waals surface area contributed by atoms with Gasteiger partial charge in [0.1, 0.15) is 5.60 Å². The Labute approximate surface area is 141 Å². The van der Waals surface area contributed by atoms with E-state index in [9.17, 15) is 4.79 Å². The summed E-state index contributed by atoms with van der Waals surface area (Å²) in [5.74, 6) is 0. The van der Waals surface area contributed by atoms with Gasteiger partial charge in [-0.05, 0) is 72.5 Å². The van der Waals surface area contributed by atoms with Crippen molar-refractivity contribution in [1.29, 1.82) is 0 Å². The summed E-state index contributed by atoms with van der Waals surface area (Å²) in [6.07, 6.45) is 5.80. The Morgan fingerprint density at radius 1 is 1.09 bits per heavy atom. The number of hydrogen-bond donors (Lipinski definition) is 1. The normalized spacial score (nSPS) is 27.6. The molecule has 2 unspecified atom stereocenters. The molecule has 0 saturated carbocycles. The van der Waals surface area contributed by atoms with E-state index in [0.717, 1.165) is 32.5 Å². The van der Waals surface area contributed by atoms with Crippen LogP contribution in [0, 0.1) is 0 Å². The van der Waals surface area contributed by atoms with Crippen LogP contribution in [0.1, 0.15) is 59.8 Å². The number of rotatable bonds is 3. The first kappa shape index (κ1) is 18.5. The molecule has 2 aliphatic heterocycles. The Bertz CT molecular complexity index is 381. The van der Waals surface area contributed by atoms with Gasteiger partial charge in [-0.2, -0.15) is 0 Å². The van der Waals surface area contributed by atoms with Crippen LogP contribution >= 0.6 is 0 Å². The van der Waals surface area contributed by atoms with Crippen molar-refractivity contribution < 1.29 is 9.53 Å². The molecular formula is C18H35N3O2. The van der Waals surface area contributed by atoms with Gasteiger partial charge in [0.2, 0.25) is 0 Å². The summed E-state index contributed by atoms with van der Waals surface area (Å²) in [4.78, 5) is 16.7. The van der Waals surface area contributed by atoms with E-state index >= 15 is 0 Å². The SMILES string of the molecule is CCN1CCCC(NC2CCCN(C(=O)OC(C)(C)C)C2)CC1. The van der Waals surface area contributed by atoms with Crippen LogP contribution in [-0.2, 0) is 4.74 Å². The Hall–Kier alpha value is -0.810. The molecule has 2 rings (SSSR count). The van der Waals surface area contributed by atoms with Gasteiger partial charge in [-0.3, -0.25) is 0 Å². The van der Waals surface area contributed by atoms with E-state index < -0.39 is 5.60 Å². The second-order valence-electron chi connectivity index (χ2n) is 7.99. The number of nitrogens with one attached hydrogen (secondary N) is 1. The Kier molecular flexibility index (Phi) is 6.72. The molecule has 2 atom stereocenters. The third-order valence-electron chi connectivity index (χ3n) is 4.81. The molecule has 134 valence electrons. The lowest BCUT2D eigenvalue weighted by atomic mass is 10.0. The third kappa shape index (κ3) is 6.30. The van der Waals surface area contributed by atoms with Crippen LogP contribution in [0.2, 0.25) is 0 Å². The lowest BCUT2D eigenvalue weighted by Gasteiger charge is -2.36. The van der Waals surface area contributed by atoms with Crippen molar-refractivity contribution in [1.82, 2.24) is 15.1 Å². The van der Waals surface area contributed by atoms with E-state index in [2.05, 4.69) is 17.1 Å². The van der Waals surface area contributed by atoms with Crippen molar-refractivity contribution >= 4 is 6.09 Å². The first-order valence-electron chi connectivity index (χ1n) is 9.33. The summed E-state index contributed by atoms with van der Waals surface area (Å²) in [5, 5.41) is 3.81. The van der Waals surface area contributed by atoms with E-state index in [0.29, 0.717) is 12.1 Å². The number of nitrogens with zero attached hydrogens (tertiary/aromatic N) is 2. The Balaban J connectivity index is 1.80. The summed E-state index contributed by atoms with van der Waals surface area (Å²) in [6, 6.07) is 1.00. The van der Waals surface area contributed by atoms with Gasteiger partial charge in [-0.25, -0.2) is 4.79 Å². The number of hydrogen-bond acceptors (Lipinski definition) is 4. The fourth-order valence-electron chi connectivity index (χ4n) is 3.58. The van der Waals surface area contributed by atoms with Crippen LogP contribution in [0.5, 0.6) is 0 Å². The lowest BCUT2D eigenvalue weighted by molar-refractivity contribution is 0.0182. The molecule has 0 bridgehead atoms. The fraction of sp³-hybridized carbons (Fsp3) is 0.944. The van der Waals surface area contributed by atoms with Crippen molar-refractivity contribution in [2.45, 2.75) is 77.5 Å². The minimum atomic E-state index is -0.414. The molecule has 2 saturated heterocycles. The number of ether oxygens (including phenoxy) is 1. The summed E-state index contributed by atoms with van der Waals surface area (Å²) in [6.45, 7) is 13.2. The predicted octanol–water partition coefficient (Wildman–Crippen LogP) is 2.85. The molecule has 2 heterocycles. The fourth-order valence-corrected chi connectivity index (χ4v) is 3.58. The highest BCUT2D eigenvalue weighted by atomic mass is 16.6. The minimum absolute atomic E-state index is 0.165. The largest absolute Gasteiger partial charge is 0.444 e. The highest BCUT2D eigenvalue weighted by Gasteiger charge is 2.29. The zero-order valence-electron chi connectivity index (χ0n) is 15.4. The van der Waals surface area contributed by atoms with Crippen LogP contribution in [-0.4, -0.2) is 66.3 Å². The number of amides is 1. The summed E-state index contributed by atoms with van der Waals surface area (Å²) in [5.41, 5.74) is -0.414. The van der Waals surface area contributed by atoms with Crippen molar-refractivity contribution in [3.05, 3.63) is 0 Å². The zero-order chi connectivity index (χ0) is 16.9. The van der Waals surface area contributed by atoms with Crippen molar-refractivity contribution in [2.24, 2.45) is 0 Å². The zero-order valence-corrected chi connectivity index (χ0v) is 15.4. The van der Waals surface area contributed by atoms with Crippen molar-refractivity contribution in [3.8, 4) is 0 Å². The second-order valence-corrected chi connectivity index (χ2v) is 7.99. The quantitative estimate of drug-likeness (QED) is 0.866. The maximum Gasteiger partial charge on any atom is 0.410 e. The van der Waals surface area contributed by atoms with Crippen LogP contribution in [0.3, 0.4) is 0 Å². The van der Waals surface area contributed by atoms with Gasteiger partial charge >= 0.3 is 6.09 Å². The molecule has 0 aromatic rings. The molecule has 5 heteroatoms. The molecule has 2 aliphatic rings. The van der Waals surface area contributed by atoms with Crippen LogP contribution in [0.4, 0.5) is 4.79 Å². The first-order chi connectivity index (χ1) is 10.9. The van der Waals surface area contributed by atoms with E-state index in [-0.39, 0.29) is 6.09 Å². The minimum Gasteiger partial charge on any atom is -0.444 e. The van der Waals surface area contributed by atoms with E-state index in [1.807, 2.05) is 25.7 Å². The molecule has 23 heavy (non-hydrogen) atoms. The van der Waals surface area contributed by atoms with Gasteiger partial charge < -0.3 is 19.9 Å². The van der Waals surface area contributed by atoms with Crippen molar-refractivity contribution in [3.63, 3.8) is 0 Å². The summed E-state index contributed by atoms with van der Waals surface area (Å²) >= 11 is 0. The maximum absolute atomic E-state index is 12.3. The predicted molar refractivity (Wildman–Crippen MR) is 93.7 cm³/mol. The monoisotopic (exact) mass is 325 g/mol. The number of carbonyl (C=O) groups is 1. The van der Waals surface area contributed by atoms with Gasteiger partial charge in [-0.15, -0.1) is 0 Å². The highest BCUT2D eigenvalue weighted by molar-refractivity contribution is 5.68. The molecule has 0 radical (unpaired) electrons. The van der Waals surface area contributed by atoms with Crippen LogP contribution in [0.15, 0.2) is 0 Å². The first-order valence-corrected chi connectivity index (χ1v) is 9.33. The molecule has 0 aromatic carbocycles. The lowest BCUT2D eigenvalue weighted by Crippen LogP contribution is -2.51. The molecule has 0 aromatic heterocycles. The highest BCUT2D eigenvalue weighted by Crippen LogP contribution is 2.18. The molecule has 2 fully saturated rings. The molecule has 0 spiro atoms. The topological polar surface area (TPSA) is 44.8 Å². The second kappa shape index (κ2) is 8.34. The third-order valence-corrected chi connectivity index (χ3v) is 4.81. The van der Waals surface area contributed by atoms with E-state index in [1.54, 1.807) is 0 Å². The molecule has 0 aliphatic carbocycles. The Morgan fingerprint density at radius 3 is 2.48 bits per heavy atom.